The monoisotopic (exact) mass is 339 g/mol. The minimum Gasteiger partial charge on any atom is -0.409 e. The molecule has 1 saturated carbocycles. The predicted molar refractivity (Wildman–Crippen MR) is 81.9 cm³/mol. The van der Waals surface area contributed by atoms with Crippen LogP contribution in [0.5, 0.6) is 0 Å². The van der Waals surface area contributed by atoms with Crippen LogP contribution in [-0.4, -0.2) is 17.0 Å². The van der Waals surface area contributed by atoms with E-state index in [2.05, 4.69) is 26.4 Å². The van der Waals surface area contributed by atoms with Crippen molar-refractivity contribution in [2.75, 3.05) is 5.32 Å². The normalized spacial score (nSPS) is 16.4. The van der Waals surface area contributed by atoms with E-state index in [9.17, 15) is 4.79 Å². The lowest BCUT2D eigenvalue weighted by molar-refractivity contribution is -0.117. The van der Waals surface area contributed by atoms with Crippen molar-refractivity contribution in [1.29, 1.82) is 0 Å². The van der Waals surface area contributed by atoms with Crippen molar-refractivity contribution in [2.45, 2.75) is 32.1 Å². The van der Waals surface area contributed by atoms with Gasteiger partial charge in [0.05, 0.1) is 5.69 Å². The molecule has 0 unspecified atom stereocenters. The van der Waals surface area contributed by atoms with E-state index in [-0.39, 0.29) is 11.7 Å². The van der Waals surface area contributed by atoms with Crippen molar-refractivity contribution in [3.05, 3.63) is 28.2 Å². The highest BCUT2D eigenvalue weighted by molar-refractivity contribution is 9.10. The Hall–Kier alpha value is -1.56. The highest BCUT2D eigenvalue weighted by Gasteiger charge is 2.19. The number of amides is 1. The van der Waals surface area contributed by atoms with Gasteiger partial charge in [0.2, 0.25) is 5.91 Å². The summed E-state index contributed by atoms with van der Waals surface area (Å²) in [5.41, 5.74) is 6.68. The summed E-state index contributed by atoms with van der Waals surface area (Å²) in [6, 6.07) is 5.23. The van der Waals surface area contributed by atoms with Crippen molar-refractivity contribution in [2.24, 2.45) is 16.8 Å². The molecule has 0 aliphatic heterocycles. The number of halogens is 1. The molecule has 0 aromatic heterocycles. The number of oxime groups is 1. The first-order valence-electron chi connectivity index (χ1n) is 6.67. The Morgan fingerprint density at radius 1 is 1.45 bits per heavy atom. The van der Waals surface area contributed by atoms with Gasteiger partial charge in [-0.15, -0.1) is 0 Å². The number of hydrogen-bond donors (Lipinski definition) is 3. The zero-order valence-electron chi connectivity index (χ0n) is 11.1. The SMILES string of the molecule is N/C(=N/O)c1ccc(Br)cc1NC(=O)CC1CCCC1. The molecule has 0 saturated heterocycles. The van der Waals surface area contributed by atoms with Gasteiger partial charge in [0.15, 0.2) is 5.84 Å². The Labute approximate surface area is 126 Å². The van der Waals surface area contributed by atoms with Gasteiger partial charge in [-0.2, -0.15) is 0 Å². The zero-order chi connectivity index (χ0) is 14.5. The third-order valence-electron chi connectivity index (χ3n) is 3.59. The summed E-state index contributed by atoms with van der Waals surface area (Å²) in [7, 11) is 0. The number of nitrogens with one attached hydrogen (secondary N) is 1. The number of nitrogens with zero attached hydrogens (tertiary/aromatic N) is 1. The highest BCUT2D eigenvalue weighted by atomic mass is 79.9. The molecule has 1 aromatic rings. The van der Waals surface area contributed by atoms with E-state index < -0.39 is 0 Å². The number of nitrogens with two attached hydrogens (primary N) is 1. The summed E-state index contributed by atoms with van der Waals surface area (Å²) >= 11 is 3.35. The molecule has 1 amide bonds. The maximum absolute atomic E-state index is 12.1. The average molecular weight is 340 g/mol. The minimum absolute atomic E-state index is 0.0198. The predicted octanol–water partition coefficient (Wildman–Crippen LogP) is 3.06. The molecule has 5 nitrogen and oxygen atoms in total. The lowest BCUT2D eigenvalue weighted by atomic mass is 10.0. The van der Waals surface area contributed by atoms with Crippen LogP contribution in [0.3, 0.4) is 0 Å². The van der Waals surface area contributed by atoms with Gasteiger partial charge in [-0.3, -0.25) is 4.79 Å². The number of benzene rings is 1. The summed E-state index contributed by atoms with van der Waals surface area (Å²) in [5.74, 6) is 0.435. The molecule has 0 bridgehead atoms. The lowest BCUT2D eigenvalue weighted by Crippen LogP contribution is -2.20. The van der Waals surface area contributed by atoms with E-state index in [1.54, 1.807) is 18.2 Å². The quantitative estimate of drug-likeness (QED) is 0.341. The molecule has 1 fully saturated rings. The summed E-state index contributed by atoms with van der Waals surface area (Å²) in [5, 5.41) is 14.6. The molecule has 0 heterocycles. The zero-order valence-corrected chi connectivity index (χ0v) is 12.7. The molecule has 6 heteroatoms. The Bertz CT molecular complexity index is 525. The van der Waals surface area contributed by atoms with Crippen molar-refractivity contribution in [1.82, 2.24) is 0 Å². The Kier molecular flexibility index (Phi) is 5.00. The smallest absolute Gasteiger partial charge is 0.224 e. The van der Waals surface area contributed by atoms with Crippen LogP contribution in [0.15, 0.2) is 27.8 Å². The second-order valence-electron chi connectivity index (χ2n) is 5.08. The second kappa shape index (κ2) is 6.74. The molecule has 0 radical (unpaired) electrons. The maximum atomic E-state index is 12.1. The van der Waals surface area contributed by atoms with Gasteiger partial charge in [-0.1, -0.05) is 33.9 Å². The van der Waals surface area contributed by atoms with E-state index in [1.165, 1.54) is 12.8 Å². The first kappa shape index (κ1) is 14.8. The van der Waals surface area contributed by atoms with Crippen LogP contribution in [0.2, 0.25) is 0 Å². The van der Waals surface area contributed by atoms with E-state index in [0.717, 1.165) is 17.3 Å². The van der Waals surface area contributed by atoms with Crippen LogP contribution < -0.4 is 11.1 Å². The third-order valence-corrected chi connectivity index (χ3v) is 4.08. The minimum atomic E-state index is -0.0259. The van der Waals surface area contributed by atoms with Crippen LogP contribution in [0.1, 0.15) is 37.7 Å². The lowest BCUT2D eigenvalue weighted by Gasteiger charge is -2.13. The van der Waals surface area contributed by atoms with Crippen molar-refractivity contribution >= 4 is 33.4 Å². The third kappa shape index (κ3) is 3.72. The van der Waals surface area contributed by atoms with Gasteiger partial charge in [0.1, 0.15) is 0 Å². The largest absolute Gasteiger partial charge is 0.409 e. The summed E-state index contributed by atoms with van der Waals surface area (Å²) in [4.78, 5) is 12.1. The van der Waals surface area contributed by atoms with Crippen molar-refractivity contribution in [3.8, 4) is 0 Å². The van der Waals surface area contributed by atoms with Crippen molar-refractivity contribution in [3.63, 3.8) is 0 Å². The maximum Gasteiger partial charge on any atom is 0.224 e. The molecule has 1 aliphatic rings. The van der Waals surface area contributed by atoms with E-state index in [0.29, 0.717) is 23.6 Å². The summed E-state index contributed by atoms with van der Waals surface area (Å²) < 4.78 is 0.822. The molecule has 20 heavy (non-hydrogen) atoms. The van der Waals surface area contributed by atoms with E-state index in [4.69, 9.17) is 10.9 Å². The average Bonchev–Trinajstić information content (AvgIpc) is 2.90. The second-order valence-corrected chi connectivity index (χ2v) is 5.99. The molecule has 1 aromatic carbocycles. The van der Waals surface area contributed by atoms with Crippen LogP contribution in [-0.2, 0) is 4.79 Å². The fraction of sp³-hybridized carbons (Fsp3) is 0.429. The fourth-order valence-corrected chi connectivity index (χ4v) is 2.94. The standard InChI is InChI=1S/C14H18BrN3O2/c15-10-5-6-11(14(16)18-20)12(8-10)17-13(19)7-9-3-1-2-4-9/h5-6,8-9,20H,1-4,7H2,(H2,16,18)(H,17,19). The number of rotatable bonds is 4. The van der Waals surface area contributed by atoms with Gasteiger partial charge in [0.25, 0.3) is 0 Å². The van der Waals surface area contributed by atoms with Crippen LogP contribution >= 0.6 is 15.9 Å². The highest BCUT2D eigenvalue weighted by Crippen LogP contribution is 2.28. The molecule has 1 aliphatic carbocycles. The number of anilines is 1. The Balaban J connectivity index is 2.10. The fourth-order valence-electron chi connectivity index (χ4n) is 2.58. The van der Waals surface area contributed by atoms with Gasteiger partial charge < -0.3 is 16.3 Å². The molecule has 0 atom stereocenters. The van der Waals surface area contributed by atoms with E-state index >= 15 is 0 Å². The molecule has 4 N–H and O–H groups in total. The van der Waals surface area contributed by atoms with Gasteiger partial charge in [0, 0.05) is 16.5 Å². The molecular formula is C14H18BrN3O2. The van der Waals surface area contributed by atoms with Gasteiger partial charge in [-0.25, -0.2) is 0 Å². The van der Waals surface area contributed by atoms with Gasteiger partial charge in [-0.05, 0) is 37.0 Å². The van der Waals surface area contributed by atoms with Crippen LogP contribution in [0, 0.1) is 5.92 Å². The van der Waals surface area contributed by atoms with Crippen LogP contribution in [0.4, 0.5) is 5.69 Å². The first-order chi connectivity index (χ1) is 9.60. The van der Waals surface area contributed by atoms with E-state index in [1.807, 2.05) is 0 Å². The number of carbonyl (C=O) groups excluding carboxylic acids is 1. The summed E-state index contributed by atoms with van der Waals surface area (Å²) in [6.45, 7) is 0. The molecular weight excluding hydrogens is 322 g/mol. The molecule has 0 spiro atoms. The Morgan fingerprint density at radius 2 is 2.15 bits per heavy atom. The van der Waals surface area contributed by atoms with Crippen LogP contribution in [0.25, 0.3) is 0 Å². The number of carbonyl (C=O) groups is 1. The molecule has 108 valence electrons. The summed E-state index contributed by atoms with van der Waals surface area (Å²) in [6.07, 6.45) is 5.20. The van der Waals surface area contributed by atoms with Crippen molar-refractivity contribution < 1.29 is 10.0 Å². The number of hydrogen-bond acceptors (Lipinski definition) is 3. The first-order valence-corrected chi connectivity index (χ1v) is 7.46. The topological polar surface area (TPSA) is 87.7 Å². The molecule has 2 rings (SSSR count). The Morgan fingerprint density at radius 3 is 2.80 bits per heavy atom. The van der Waals surface area contributed by atoms with Gasteiger partial charge >= 0.3 is 0 Å². The number of amidine groups is 1.